The summed E-state index contributed by atoms with van der Waals surface area (Å²) in [6.45, 7) is 3.15. The maximum absolute atomic E-state index is 10.3. The molecule has 0 amide bonds. The minimum atomic E-state index is -0.689. The molecule has 1 aliphatic rings. The van der Waals surface area contributed by atoms with Gasteiger partial charge in [-0.2, -0.15) is 0 Å². The minimum Gasteiger partial charge on any atom is -0.481 e. The lowest BCUT2D eigenvalue weighted by Crippen LogP contribution is -2.04. The van der Waals surface area contributed by atoms with Gasteiger partial charge >= 0.3 is 5.97 Å². The van der Waals surface area contributed by atoms with E-state index in [4.69, 9.17) is 10.2 Å². The van der Waals surface area contributed by atoms with E-state index in [1.807, 2.05) is 0 Å². The Bertz CT molecular complexity index is 339. The van der Waals surface area contributed by atoms with Crippen molar-refractivity contribution in [3.63, 3.8) is 0 Å². The Labute approximate surface area is 159 Å². The summed E-state index contributed by atoms with van der Waals surface area (Å²) in [4.78, 5) is 10.3. The Kier molecular flexibility index (Phi) is 18.2. The van der Waals surface area contributed by atoms with Crippen molar-refractivity contribution in [2.45, 2.75) is 103 Å². The van der Waals surface area contributed by atoms with Gasteiger partial charge in [-0.15, -0.1) is 0 Å². The van der Waals surface area contributed by atoms with Gasteiger partial charge in [0.15, 0.2) is 0 Å². The summed E-state index contributed by atoms with van der Waals surface area (Å²) in [5.41, 5.74) is 0. The molecule has 2 atom stereocenters. The van der Waals surface area contributed by atoms with Crippen LogP contribution in [0.2, 0.25) is 0 Å². The molecule has 0 saturated carbocycles. The smallest absolute Gasteiger partial charge is 0.303 e. The van der Waals surface area contributed by atoms with Crippen LogP contribution in [0.25, 0.3) is 0 Å². The Morgan fingerprint density at radius 3 is 2.31 bits per heavy atom. The fourth-order valence-electron chi connectivity index (χ4n) is 2.54. The number of unbranched alkanes of at least 4 members (excludes halogenated alkanes) is 8. The predicted octanol–water partition coefficient (Wildman–Crippen LogP) is 4.46. The minimum absolute atomic E-state index is 0.172. The van der Waals surface area contributed by atoms with Gasteiger partial charge in [0.05, 0.1) is 19.3 Å². The summed E-state index contributed by atoms with van der Waals surface area (Å²) in [6, 6.07) is 0. The molecule has 0 spiro atoms. The van der Waals surface area contributed by atoms with Gasteiger partial charge in [-0.3, -0.25) is 4.79 Å². The molecule has 0 aromatic rings. The van der Waals surface area contributed by atoms with Crippen molar-refractivity contribution in [1.29, 1.82) is 0 Å². The molecule has 1 fully saturated rings. The number of aliphatic hydroxyl groups excluding tert-OH is 2. The number of aliphatic hydroxyl groups is 2. The van der Waals surface area contributed by atoms with Crippen molar-refractivity contribution >= 4 is 5.97 Å². The van der Waals surface area contributed by atoms with Crippen molar-refractivity contribution in [3.05, 3.63) is 12.2 Å². The van der Waals surface area contributed by atoms with Crippen LogP contribution in [0, 0.1) is 0 Å². The summed E-state index contributed by atoms with van der Waals surface area (Å²) < 4.78 is 4.61. The van der Waals surface area contributed by atoms with E-state index in [2.05, 4.69) is 23.8 Å². The zero-order valence-electron chi connectivity index (χ0n) is 16.6. The number of carboxylic acids is 1. The van der Waals surface area contributed by atoms with Gasteiger partial charge in [0.1, 0.15) is 6.10 Å². The van der Waals surface area contributed by atoms with Gasteiger partial charge in [-0.05, 0) is 32.1 Å². The van der Waals surface area contributed by atoms with Crippen molar-refractivity contribution in [1.82, 2.24) is 0 Å². The fraction of sp³-hybridized carbons (Fsp3) is 0.857. The monoisotopic (exact) mass is 372 g/mol. The molecule has 5 nitrogen and oxygen atoms in total. The summed E-state index contributed by atoms with van der Waals surface area (Å²) in [7, 11) is 0. The summed E-state index contributed by atoms with van der Waals surface area (Å²) in [6.07, 6.45) is 17.5. The number of carbonyl (C=O) groups is 1. The molecule has 154 valence electrons. The van der Waals surface area contributed by atoms with Crippen LogP contribution < -0.4 is 0 Å². The van der Waals surface area contributed by atoms with Crippen molar-refractivity contribution in [2.24, 2.45) is 0 Å². The van der Waals surface area contributed by atoms with Crippen LogP contribution in [0.15, 0.2) is 12.2 Å². The molecule has 3 N–H and O–H groups in total. The quantitative estimate of drug-likeness (QED) is 0.211. The number of ether oxygens (including phenoxy) is 1. The largest absolute Gasteiger partial charge is 0.481 e. The normalized spacial score (nSPS) is 17.0. The third-order valence-electron chi connectivity index (χ3n) is 4.33. The van der Waals surface area contributed by atoms with Crippen LogP contribution in [0.5, 0.6) is 0 Å². The van der Waals surface area contributed by atoms with Gasteiger partial charge in [-0.25, -0.2) is 0 Å². The second-order valence-electron chi connectivity index (χ2n) is 7.05. The van der Waals surface area contributed by atoms with Gasteiger partial charge in [0, 0.05) is 6.42 Å². The number of epoxide rings is 1. The van der Waals surface area contributed by atoms with Gasteiger partial charge in [0.2, 0.25) is 0 Å². The lowest BCUT2D eigenvalue weighted by Gasteiger charge is -2.07. The second kappa shape index (κ2) is 18.9. The maximum Gasteiger partial charge on any atom is 0.303 e. The average molecular weight is 373 g/mol. The van der Waals surface area contributed by atoms with E-state index in [9.17, 15) is 9.90 Å². The number of rotatable bonds is 16. The van der Waals surface area contributed by atoms with Crippen molar-refractivity contribution in [2.75, 3.05) is 13.2 Å². The molecule has 0 aliphatic carbocycles. The number of hydrogen-bond acceptors (Lipinski definition) is 4. The first-order valence-electron chi connectivity index (χ1n) is 10.4. The molecule has 1 aliphatic heterocycles. The molecule has 1 heterocycles. The molecule has 1 rings (SSSR count). The number of aliphatic carboxylic acids is 1. The first-order valence-corrected chi connectivity index (χ1v) is 10.4. The average Bonchev–Trinajstić information content (AvgIpc) is 3.45. The highest BCUT2D eigenvalue weighted by atomic mass is 16.6. The van der Waals surface area contributed by atoms with Crippen LogP contribution in [-0.4, -0.2) is 46.7 Å². The van der Waals surface area contributed by atoms with E-state index < -0.39 is 5.97 Å². The second-order valence-corrected chi connectivity index (χ2v) is 7.05. The molecule has 1 saturated heterocycles. The first-order chi connectivity index (χ1) is 12.6. The Hall–Kier alpha value is -0.910. The van der Waals surface area contributed by atoms with Crippen molar-refractivity contribution in [3.8, 4) is 0 Å². The van der Waals surface area contributed by atoms with Crippen molar-refractivity contribution < 1.29 is 24.9 Å². The Balaban J connectivity index is 0.00000106. The third-order valence-corrected chi connectivity index (χ3v) is 4.33. The summed E-state index contributed by atoms with van der Waals surface area (Å²) in [5.74, 6) is -0.689. The molecule has 0 aromatic carbocycles. The van der Waals surface area contributed by atoms with Gasteiger partial charge in [0.25, 0.3) is 0 Å². The van der Waals surface area contributed by atoms with E-state index in [1.165, 1.54) is 25.7 Å². The summed E-state index contributed by atoms with van der Waals surface area (Å²) in [5, 5.41) is 26.4. The van der Waals surface area contributed by atoms with E-state index in [0.717, 1.165) is 58.0 Å². The Morgan fingerprint density at radius 2 is 1.73 bits per heavy atom. The third kappa shape index (κ3) is 21.1. The highest BCUT2D eigenvalue weighted by molar-refractivity contribution is 5.66. The molecule has 0 radical (unpaired) electrons. The van der Waals surface area contributed by atoms with Crippen LogP contribution >= 0.6 is 0 Å². The standard InChI is InChI=1S/C18H34O3.C3H6O2/c1-2-3-4-11-14-17(19)15-12-9-7-5-6-8-10-13-16-18(20)21;4-1-3-2-5-3/h9,12,17,19H,2-8,10-11,13-16H2,1H3,(H,20,21);3-4H,1-2H2/b12-9-;. The highest BCUT2D eigenvalue weighted by Gasteiger charge is 2.19. The van der Waals surface area contributed by atoms with Crippen LogP contribution in [0.3, 0.4) is 0 Å². The molecular weight excluding hydrogens is 332 g/mol. The fourth-order valence-corrected chi connectivity index (χ4v) is 2.54. The van der Waals surface area contributed by atoms with Crippen LogP contribution in [-0.2, 0) is 9.53 Å². The maximum atomic E-state index is 10.3. The molecule has 26 heavy (non-hydrogen) atoms. The van der Waals surface area contributed by atoms with E-state index in [-0.39, 0.29) is 18.8 Å². The molecule has 5 heteroatoms. The zero-order chi connectivity index (χ0) is 19.5. The number of carboxylic acid groups (broad SMARTS) is 1. The topological polar surface area (TPSA) is 90.3 Å². The Morgan fingerprint density at radius 1 is 1.08 bits per heavy atom. The van der Waals surface area contributed by atoms with E-state index in [1.54, 1.807) is 0 Å². The van der Waals surface area contributed by atoms with E-state index in [0.29, 0.717) is 6.42 Å². The molecular formula is C21H40O5. The summed E-state index contributed by atoms with van der Waals surface area (Å²) >= 11 is 0. The lowest BCUT2D eigenvalue weighted by molar-refractivity contribution is -0.137. The highest BCUT2D eigenvalue weighted by Crippen LogP contribution is 2.10. The van der Waals surface area contributed by atoms with Gasteiger partial charge < -0.3 is 20.1 Å². The van der Waals surface area contributed by atoms with E-state index >= 15 is 0 Å². The number of hydrogen-bond donors (Lipinski definition) is 3. The first kappa shape index (κ1) is 25.1. The SMILES string of the molecule is CCCCCCC(O)C/C=C\CCCCCCCC(=O)O.OCC1CO1. The molecule has 2 unspecified atom stereocenters. The zero-order valence-corrected chi connectivity index (χ0v) is 16.6. The lowest BCUT2D eigenvalue weighted by atomic mass is 10.1. The molecule has 0 aromatic heterocycles. The predicted molar refractivity (Wildman–Crippen MR) is 105 cm³/mol. The molecule has 0 bridgehead atoms. The van der Waals surface area contributed by atoms with Crippen LogP contribution in [0.1, 0.15) is 90.4 Å². The number of allylic oxidation sites excluding steroid dienone is 1. The van der Waals surface area contributed by atoms with Gasteiger partial charge in [-0.1, -0.05) is 64.0 Å². The van der Waals surface area contributed by atoms with Crippen LogP contribution in [0.4, 0.5) is 0 Å².